The number of hydrogen-bond acceptors (Lipinski definition) is 4. The number of hydrogen-bond donors (Lipinski definition) is 2. The first-order valence-electron chi connectivity index (χ1n) is 6.82. The van der Waals surface area contributed by atoms with Crippen molar-refractivity contribution in [1.29, 1.82) is 5.26 Å². The number of nitrogens with zero attached hydrogens (tertiary/aromatic N) is 2. The van der Waals surface area contributed by atoms with Crippen molar-refractivity contribution in [3.8, 4) is 6.07 Å². The predicted octanol–water partition coefficient (Wildman–Crippen LogP) is 3.25. The zero-order valence-electron chi connectivity index (χ0n) is 12.2. The molecule has 0 saturated carbocycles. The molecule has 4 nitrogen and oxygen atoms in total. The molecule has 1 atom stereocenters. The Labute approximate surface area is 124 Å². The Morgan fingerprint density at radius 1 is 1.50 bits per heavy atom. The molecule has 2 N–H and O–H groups in total. The van der Waals surface area contributed by atoms with Gasteiger partial charge < -0.3 is 4.98 Å². The van der Waals surface area contributed by atoms with Crippen LogP contribution < -0.4 is 5.32 Å². The molecular formula is C15H20N4S. The maximum atomic E-state index is 9.31. The smallest absolute Gasteiger partial charge is 0.166 e. The number of H-pyrrole nitrogens is 1. The van der Waals surface area contributed by atoms with Gasteiger partial charge in [-0.25, -0.2) is 4.98 Å². The lowest BCUT2D eigenvalue weighted by Gasteiger charge is -2.21. The zero-order valence-corrected chi connectivity index (χ0v) is 13.0. The first kappa shape index (κ1) is 14.9. The third-order valence-electron chi connectivity index (χ3n) is 3.13. The standard InChI is InChI=1S/C15H20N4S/c1-4-7-17-15(3,9-16)10-20-14-18-12-6-5-11(2)8-13(12)19-14/h5-6,8,17H,4,7,10H2,1-3H3,(H,18,19). The average molecular weight is 288 g/mol. The van der Waals surface area contributed by atoms with Crippen molar-refractivity contribution in [2.75, 3.05) is 12.3 Å². The second kappa shape index (κ2) is 6.29. The average Bonchev–Trinajstić information content (AvgIpc) is 2.85. The van der Waals surface area contributed by atoms with E-state index in [1.54, 1.807) is 11.8 Å². The van der Waals surface area contributed by atoms with Gasteiger partial charge in [0.25, 0.3) is 0 Å². The Kier molecular flexibility index (Phi) is 4.69. The van der Waals surface area contributed by atoms with Crippen LogP contribution in [0.5, 0.6) is 0 Å². The second-order valence-corrected chi connectivity index (χ2v) is 6.19. The minimum Gasteiger partial charge on any atom is -0.333 e. The number of aryl methyl sites for hydroxylation is 1. The third-order valence-corrected chi connectivity index (χ3v) is 4.31. The van der Waals surface area contributed by atoms with Gasteiger partial charge in [-0.05, 0) is 44.5 Å². The molecule has 5 heteroatoms. The predicted molar refractivity (Wildman–Crippen MR) is 83.9 cm³/mol. The number of thioether (sulfide) groups is 1. The minimum atomic E-state index is -0.518. The Morgan fingerprint density at radius 3 is 3.00 bits per heavy atom. The van der Waals surface area contributed by atoms with Crippen molar-refractivity contribution in [3.63, 3.8) is 0 Å². The van der Waals surface area contributed by atoms with Gasteiger partial charge in [-0.1, -0.05) is 24.8 Å². The first-order valence-corrected chi connectivity index (χ1v) is 7.80. The second-order valence-electron chi connectivity index (χ2n) is 5.22. The number of aromatic amines is 1. The Bertz CT molecular complexity index is 628. The molecule has 0 aliphatic heterocycles. The van der Waals surface area contributed by atoms with Gasteiger partial charge in [0.15, 0.2) is 5.16 Å². The summed E-state index contributed by atoms with van der Waals surface area (Å²) in [6.45, 7) is 6.94. The molecule has 0 amide bonds. The van der Waals surface area contributed by atoms with Gasteiger partial charge in [-0.3, -0.25) is 5.32 Å². The lowest BCUT2D eigenvalue weighted by atomic mass is 10.1. The van der Waals surface area contributed by atoms with Gasteiger partial charge in [0.1, 0.15) is 5.54 Å². The van der Waals surface area contributed by atoms with Crippen LogP contribution >= 0.6 is 11.8 Å². The molecule has 1 heterocycles. The van der Waals surface area contributed by atoms with Gasteiger partial charge in [0, 0.05) is 5.75 Å². The summed E-state index contributed by atoms with van der Waals surface area (Å²) < 4.78 is 0. The van der Waals surface area contributed by atoms with Crippen LogP contribution in [0, 0.1) is 18.3 Å². The van der Waals surface area contributed by atoms with Crippen molar-refractivity contribution >= 4 is 22.8 Å². The number of fused-ring (bicyclic) bond motifs is 1. The van der Waals surface area contributed by atoms with Gasteiger partial charge in [-0.2, -0.15) is 5.26 Å². The molecule has 1 unspecified atom stereocenters. The molecule has 0 radical (unpaired) electrons. The van der Waals surface area contributed by atoms with E-state index in [0.29, 0.717) is 5.75 Å². The molecule has 0 fully saturated rings. The van der Waals surface area contributed by atoms with Crippen LogP contribution in [-0.4, -0.2) is 27.8 Å². The maximum absolute atomic E-state index is 9.31. The lowest BCUT2D eigenvalue weighted by molar-refractivity contribution is 0.493. The molecule has 2 aromatic rings. The third kappa shape index (κ3) is 3.53. The van der Waals surface area contributed by atoms with E-state index in [2.05, 4.69) is 47.3 Å². The highest BCUT2D eigenvalue weighted by Crippen LogP contribution is 2.23. The molecule has 0 aliphatic rings. The van der Waals surface area contributed by atoms with Gasteiger partial charge in [-0.15, -0.1) is 0 Å². The van der Waals surface area contributed by atoms with Crippen molar-refractivity contribution in [1.82, 2.24) is 15.3 Å². The largest absolute Gasteiger partial charge is 0.333 e. The molecule has 106 valence electrons. The van der Waals surface area contributed by atoms with Gasteiger partial charge >= 0.3 is 0 Å². The van der Waals surface area contributed by atoms with Crippen LogP contribution in [0.4, 0.5) is 0 Å². The summed E-state index contributed by atoms with van der Waals surface area (Å²) in [5.74, 6) is 0.669. The number of nitrogens with one attached hydrogen (secondary N) is 2. The van der Waals surface area contributed by atoms with Gasteiger partial charge in [0.05, 0.1) is 17.1 Å². The SMILES string of the molecule is CCCNC(C)(C#N)CSc1nc2ccc(C)cc2[nH]1. The molecule has 0 spiro atoms. The number of rotatable bonds is 6. The summed E-state index contributed by atoms with van der Waals surface area (Å²) in [4.78, 5) is 7.85. The highest BCUT2D eigenvalue weighted by atomic mass is 32.2. The van der Waals surface area contributed by atoms with Gasteiger partial charge in [0.2, 0.25) is 0 Å². The fourth-order valence-corrected chi connectivity index (χ4v) is 2.84. The van der Waals surface area contributed by atoms with E-state index < -0.39 is 5.54 Å². The van der Waals surface area contributed by atoms with E-state index in [-0.39, 0.29) is 0 Å². The molecule has 0 aliphatic carbocycles. The first-order chi connectivity index (χ1) is 9.56. The number of nitriles is 1. The summed E-state index contributed by atoms with van der Waals surface area (Å²) in [7, 11) is 0. The summed E-state index contributed by atoms with van der Waals surface area (Å²) in [5.41, 5.74) is 2.71. The Hall–Kier alpha value is -1.51. The summed E-state index contributed by atoms with van der Waals surface area (Å²) in [6, 6.07) is 8.51. The van der Waals surface area contributed by atoms with Crippen LogP contribution in [0.3, 0.4) is 0 Å². The summed E-state index contributed by atoms with van der Waals surface area (Å²) in [5, 5.41) is 13.5. The number of imidazole rings is 1. The normalized spacial score (nSPS) is 14.1. The Balaban J connectivity index is 2.06. The molecule has 1 aromatic carbocycles. The fourth-order valence-electron chi connectivity index (χ4n) is 1.90. The van der Waals surface area contributed by atoms with E-state index in [9.17, 15) is 5.26 Å². The maximum Gasteiger partial charge on any atom is 0.166 e. The fraction of sp³-hybridized carbons (Fsp3) is 0.467. The molecule has 1 aromatic heterocycles. The minimum absolute atomic E-state index is 0.518. The van der Waals surface area contributed by atoms with E-state index >= 15 is 0 Å². The van der Waals surface area contributed by atoms with E-state index in [1.807, 2.05) is 13.0 Å². The monoisotopic (exact) mass is 288 g/mol. The van der Waals surface area contributed by atoms with Crippen LogP contribution in [0.2, 0.25) is 0 Å². The zero-order chi connectivity index (χ0) is 14.6. The van der Waals surface area contributed by atoms with E-state index in [1.165, 1.54) is 5.56 Å². The molecule has 0 saturated heterocycles. The van der Waals surface area contributed by atoms with Crippen LogP contribution in [0.1, 0.15) is 25.8 Å². The Morgan fingerprint density at radius 2 is 2.30 bits per heavy atom. The van der Waals surface area contributed by atoms with Crippen molar-refractivity contribution in [2.45, 2.75) is 37.9 Å². The molecule has 0 bridgehead atoms. The van der Waals surface area contributed by atoms with Crippen molar-refractivity contribution in [3.05, 3.63) is 23.8 Å². The quantitative estimate of drug-likeness (QED) is 0.801. The van der Waals surface area contributed by atoms with Crippen molar-refractivity contribution < 1.29 is 0 Å². The summed E-state index contributed by atoms with van der Waals surface area (Å²) >= 11 is 1.58. The number of benzene rings is 1. The lowest BCUT2D eigenvalue weighted by Crippen LogP contribution is -2.43. The van der Waals surface area contributed by atoms with Crippen LogP contribution in [0.15, 0.2) is 23.4 Å². The molecular weight excluding hydrogens is 268 g/mol. The topological polar surface area (TPSA) is 64.5 Å². The molecule has 20 heavy (non-hydrogen) atoms. The highest BCUT2D eigenvalue weighted by Gasteiger charge is 2.23. The van der Waals surface area contributed by atoms with Crippen LogP contribution in [-0.2, 0) is 0 Å². The van der Waals surface area contributed by atoms with E-state index in [0.717, 1.165) is 29.2 Å². The molecule has 2 rings (SSSR count). The van der Waals surface area contributed by atoms with E-state index in [4.69, 9.17) is 0 Å². The van der Waals surface area contributed by atoms with Crippen molar-refractivity contribution in [2.24, 2.45) is 0 Å². The highest BCUT2D eigenvalue weighted by molar-refractivity contribution is 7.99. The summed E-state index contributed by atoms with van der Waals surface area (Å²) in [6.07, 6.45) is 1.02. The van der Waals surface area contributed by atoms with Crippen LogP contribution in [0.25, 0.3) is 11.0 Å². The number of aromatic nitrogens is 2.